The first-order valence-corrected chi connectivity index (χ1v) is 12.9. The summed E-state index contributed by atoms with van der Waals surface area (Å²) in [6.07, 6.45) is 4.85. The number of hydrogen-bond donors (Lipinski definition) is 1. The highest BCUT2D eigenvalue weighted by molar-refractivity contribution is 7.89. The fraction of sp³-hybridized carbons (Fsp3) is 0.304. The number of fused-ring (bicyclic) bond motifs is 2. The molecule has 0 saturated heterocycles. The van der Waals surface area contributed by atoms with Gasteiger partial charge in [0.2, 0.25) is 15.0 Å². The largest absolute Gasteiger partial charge is 0.240 e. The molecule has 5 rings (SSSR count). The highest BCUT2D eigenvalue weighted by Crippen LogP contribution is 2.25. The second-order valence-electron chi connectivity index (χ2n) is 7.96. The summed E-state index contributed by atoms with van der Waals surface area (Å²) in [7, 11) is -3.54. The Morgan fingerprint density at radius 1 is 1.10 bits per heavy atom. The average molecular weight is 453 g/mol. The lowest BCUT2D eigenvalue weighted by molar-refractivity contribution is 0.580. The molecule has 2 aromatic heterocycles. The number of thiazole rings is 1. The standard InChI is InChI=1S/C23H24N4O2S2/c1-16-6-2-5-9-21(16)22-25-23-27(26-22)19(15-30-23)12-13-24-31(28,29)20-11-10-17-7-3-4-8-18(17)14-20/h2,5-6,9-11,14-15,24H,3-4,7-8,12-13H2,1H3. The van der Waals surface area contributed by atoms with Crippen LogP contribution in [-0.4, -0.2) is 29.6 Å². The molecule has 0 bridgehead atoms. The number of nitrogens with one attached hydrogen (secondary N) is 1. The maximum atomic E-state index is 12.8. The minimum absolute atomic E-state index is 0.310. The summed E-state index contributed by atoms with van der Waals surface area (Å²) in [5.74, 6) is 0.695. The van der Waals surface area contributed by atoms with Crippen molar-refractivity contribution in [3.05, 3.63) is 70.2 Å². The fourth-order valence-corrected chi connectivity index (χ4v) is 6.05. The SMILES string of the molecule is Cc1ccccc1-c1nc2scc(CCNS(=O)(=O)c3ccc4c(c3)CCCC4)n2n1. The molecule has 0 saturated carbocycles. The Morgan fingerprint density at radius 3 is 2.74 bits per heavy atom. The molecule has 4 aromatic rings. The van der Waals surface area contributed by atoms with Crippen LogP contribution in [0.25, 0.3) is 16.3 Å². The molecule has 1 aliphatic rings. The Balaban J connectivity index is 1.30. The van der Waals surface area contributed by atoms with Crippen LogP contribution in [0.15, 0.2) is 52.7 Å². The van der Waals surface area contributed by atoms with E-state index < -0.39 is 10.0 Å². The number of benzene rings is 2. The molecule has 0 spiro atoms. The normalized spacial score (nSPS) is 14.1. The van der Waals surface area contributed by atoms with Gasteiger partial charge in [0.05, 0.1) is 10.6 Å². The molecule has 0 radical (unpaired) electrons. The summed E-state index contributed by atoms with van der Waals surface area (Å²) >= 11 is 1.52. The van der Waals surface area contributed by atoms with Crippen molar-refractivity contribution in [3.8, 4) is 11.4 Å². The lowest BCUT2D eigenvalue weighted by Crippen LogP contribution is -2.26. The zero-order valence-corrected chi connectivity index (χ0v) is 19.0. The number of nitrogens with zero attached hydrogens (tertiary/aromatic N) is 3. The minimum atomic E-state index is -3.54. The quantitative estimate of drug-likeness (QED) is 0.476. The molecule has 0 aliphatic heterocycles. The number of sulfonamides is 1. The van der Waals surface area contributed by atoms with E-state index in [1.165, 1.54) is 28.9 Å². The molecular weight excluding hydrogens is 428 g/mol. The second-order valence-corrected chi connectivity index (χ2v) is 10.6. The predicted molar refractivity (Wildman–Crippen MR) is 123 cm³/mol. The Morgan fingerprint density at radius 2 is 1.90 bits per heavy atom. The lowest BCUT2D eigenvalue weighted by Gasteiger charge is -2.16. The van der Waals surface area contributed by atoms with Gasteiger partial charge in [0.25, 0.3) is 0 Å². The first kappa shape index (κ1) is 20.4. The molecule has 0 fully saturated rings. The van der Waals surface area contributed by atoms with E-state index in [0.717, 1.165) is 41.0 Å². The van der Waals surface area contributed by atoms with Gasteiger partial charge >= 0.3 is 0 Å². The van der Waals surface area contributed by atoms with E-state index in [0.29, 0.717) is 23.7 Å². The summed E-state index contributed by atoms with van der Waals surface area (Å²) in [6.45, 7) is 2.35. The van der Waals surface area contributed by atoms with E-state index in [2.05, 4.69) is 14.8 Å². The molecule has 0 amide bonds. The summed E-state index contributed by atoms with van der Waals surface area (Å²) in [6, 6.07) is 13.6. The Bertz CT molecular complexity index is 1360. The van der Waals surface area contributed by atoms with Gasteiger partial charge < -0.3 is 0 Å². The third kappa shape index (κ3) is 4.03. The third-order valence-electron chi connectivity index (χ3n) is 5.84. The average Bonchev–Trinajstić information content (AvgIpc) is 3.35. The molecule has 0 unspecified atom stereocenters. The molecule has 2 aromatic carbocycles. The van der Waals surface area contributed by atoms with Gasteiger partial charge in [-0.15, -0.1) is 16.4 Å². The number of hydrogen-bond acceptors (Lipinski definition) is 5. The van der Waals surface area contributed by atoms with Crippen molar-refractivity contribution in [1.82, 2.24) is 19.3 Å². The fourth-order valence-electron chi connectivity index (χ4n) is 4.11. The van der Waals surface area contributed by atoms with Crippen LogP contribution in [0.3, 0.4) is 0 Å². The van der Waals surface area contributed by atoms with Crippen LogP contribution in [0, 0.1) is 6.92 Å². The Kier molecular flexibility index (Phi) is 5.37. The summed E-state index contributed by atoms with van der Waals surface area (Å²) in [5.41, 5.74) is 5.53. The van der Waals surface area contributed by atoms with Crippen molar-refractivity contribution in [1.29, 1.82) is 0 Å². The first-order chi connectivity index (χ1) is 15.0. The van der Waals surface area contributed by atoms with E-state index in [-0.39, 0.29) is 0 Å². The highest BCUT2D eigenvalue weighted by atomic mass is 32.2. The van der Waals surface area contributed by atoms with Crippen molar-refractivity contribution in [2.75, 3.05) is 6.54 Å². The third-order valence-corrected chi connectivity index (χ3v) is 8.16. The van der Waals surface area contributed by atoms with Gasteiger partial charge in [0, 0.05) is 23.9 Å². The topological polar surface area (TPSA) is 76.4 Å². The van der Waals surface area contributed by atoms with Crippen molar-refractivity contribution >= 4 is 26.3 Å². The lowest BCUT2D eigenvalue weighted by atomic mass is 9.92. The highest BCUT2D eigenvalue weighted by Gasteiger charge is 2.18. The molecule has 8 heteroatoms. The van der Waals surface area contributed by atoms with Gasteiger partial charge in [0.1, 0.15) is 0 Å². The molecule has 0 atom stereocenters. The molecule has 160 valence electrons. The molecule has 6 nitrogen and oxygen atoms in total. The Hall–Kier alpha value is -2.55. The van der Waals surface area contributed by atoms with Crippen LogP contribution < -0.4 is 4.72 Å². The van der Waals surface area contributed by atoms with Gasteiger partial charge in [-0.05, 0) is 61.4 Å². The van der Waals surface area contributed by atoms with Crippen LogP contribution in [0.1, 0.15) is 35.2 Å². The molecule has 31 heavy (non-hydrogen) atoms. The number of aryl methyl sites for hydroxylation is 3. The summed E-state index contributed by atoms with van der Waals surface area (Å²) in [5, 5.41) is 6.65. The number of rotatable bonds is 6. The Labute approximate surface area is 186 Å². The maximum absolute atomic E-state index is 12.8. The summed E-state index contributed by atoms with van der Waals surface area (Å²) in [4.78, 5) is 5.81. The van der Waals surface area contributed by atoms with Crippen LogP contribution >= 0.6 is 11.3 Å². The zero-order chi connectivity index (χ0) is 21.4. The van der Waals surface area contributed by atoms with E-state index >= 15 is 0 Å². The van der Waals surface area contributed by atoms with Crippen molar-refractivity contribution in [2.45, 2.75) is 43.9 Å². The van der Waals surface area contributed by atoms with Gasteiger partial charge in [-0.2, -0.15) is 4.98 Å². The van der Waals surface area contributed by atoms with E-state index in [1.54, 1.807) is 6.07 Å². The van der Waals surface area contributed by atoms with Crippen molar-refractivity contribution in [3.63, 3.8) is 0 Å². The van der Waals surface area contributed by atoms with Crippen LogP contribution in [-0.2, 0) is 29.3 Å². The second kappa shape index (κ2) is 8.18. The van der Waals surface area contributed by atoms with Gasteiger partial charge in [-0.1, -0.05) is 30.3 Å². The monoisotopic (exact) mass is 452 g/mol. The molecule has 1 N–H and O–H groups in total. The van der Waals surface area contributed by atoms with E-state index in [9.17, 15) is 8.42 Å². The van der Waals surface area contributed by atoms with Crippen molar-refractivity contribution in [2.24, 2.45) is 0 Å². The minimum Gasteiger partial charge on any atom is -0.211 e. The summed E-state index contributed by atoms with van der Waals surface area (Å²) < 4.78 is 30.2. The predicted octanol–water partition coefficient (Wildman–Crippen LogP) is 4.17. The van der Waals surface area contributed by atoms with E-state index in [1.807, 2.05) is 53.2 Å². The molecule has 1 aliphatic carbocycles. The van der Waals surface area contributed by atoms with Crippen LogP contribution in [0.4, 0.5) is 0 Å². The smallest absolute Gasteiger partial charge is 0.211 e. The van der Waals surface area contributed by atoms with E-state index in [4.69, 9.17) is 0 Å². The number of aromatic nitrogens is 3. The zero-order valence-electron chi connectivity index (χ0n) is 17.3. The van der Waals surface area contributed by atoms with Gasteiger partial charge in [-0.25, -0.2) is 17.7 Å². The van der Waals surface area contributed by atoms with Crippen LogP contribution in [0.2, 0.25) is 0 Å². The first-order valence-electron chi connectivity index (χ1n) is 10.5. The maximum Gasteiger partial charge on any atom is 0.240 e. The van der Waals surface area contributed by atoms with Crippen LogP contribution in [0.5, 0.6) is 0 Å². The van der Waals surface area contributed by atoms with Gasteiger partial charge in [-0.3, -0.25) is 0 Å². The van der Waals surface area contributed by atoms with Gasteiger partial charge in [0.15, 0.2) is 5.82 Å². The van der Waals surface area contributed by atoms with Crippen molar-refractivity contribution < 1.29 is 8.42 Å². The molecule has 2 heterocycles. The molecular formula is C23H24N4O2S2.